The summed E-state index contributed by atoms with van der Waals surface area (Å²) >= 11 is 0. The summed E-state index contributed by atoms with van der Waals surface area (Å²) in [6.45, 7) is 6.00. The molecular formula is C21H22N2O2. The fourth-order valence-corrected chi connectivity index (χ4v) is 3.46. The number of esters is 1. The monoisotopic (exact) mass is 334 g/mol. The van der Waals surface area contributed by atoms with E-state index in [0.29, 0.717) is 5.57 Å². The predicted molar refractivity (Wildman–Crippen MR) is 98.6 cm³/mol. The smallest absolute Gasteiger partial charge is 0.336 e. The van der Waals surface area contributed by atoms with Gasteiger partial charge in [-0.2, -0.15) is 0 Å². The van der Waals surface area contributed by atoms with Gasteiger partial charge in [0, 0.05) is 29.1 Å². The van der Waals surface area contributed by atoms with Crippen molar-refractivity contribution in [3.8, 4) is 0 Å². The number of hydrogen-bond donors (Lipinski definition) is 1. The quantitative estimate of drug-likeness (QED) is 0.864. The number of allylic oxidation sites excluding steroid dienone is 3. The van der Waals surface area contributed by atoms with E-state index in [2.05, 4.69) is 29.4 Å². The van der Waals surface area contributed by atoms with E-state index in [1.54, 1.807) is 6.20 Å². The number of benzene rings is 1. The number of rotatable bonds is 3. The summed E-state index contributed by atoms with van der Waals surface area (Å²) in [5, 5.41) is 3.33. The summed E-state index contributed by atoms with van der Waals surface area (Å²) in [5.41, 5.74) is 6.52. The molecule has 128 valence electrons. The minimum atomic E-state index is -0.320. The second-order valence-electron chi connectivity index (χ2n) is 6.20. The lowest BCUT2D eigenvalue weighted by atomic mass is 9.77. The summed E-state index contributed by atoms with van der Waals surface area (Å²) in [7, 11) is 1.42. The first-order valence-electron chi connectivity index (χ1n) is 8.28. The second kappa shape index (κ2) is 6.93. The van der Waals surface area contributed by atoms with E-state index < -0.39 is 0 Å². The SMILES string of the molecule is COC(=O)C1=C(C)NC(C)=C(c2ccccn2)C1c1ccccc1C. The topological polar surface area (TPSA) is 51.2 Å². The molecule has 0 aliphatic carbocycles. The third-order valence-electron chi connectivity index (χ3n) is 4.61. The summed E-state index contributed by atoms with van der Waals surface area (Å²) < 4.78 is 5.09. The maximum atomic E-state index is 12.6. The molecule has 4 heteroatoms. The molecule has 0 fully saturated rings. The Morgan fingerprint density at radius 3 is 2.40 bits per heavy atom. The Bertz CT molecular complexity index is 866. The Kier molecular flexibility index (Phi) is 4.70. The molecule has 0 saturated carbocycles. The largest absolute Gasteiger partial charge is 0.466 e. The number of nitrogens with one attached hydrogen (secondary N) is 1. The fourth-order valence-electron chi connectivity index (χ4n) is 3.46. The average Bonchev–Trinajstić information content (AvgIpc) is 2.62. The fraction of sp³-hybridized carbons (Fsp3) is 0.238. The van der Waals surface area contributed by atoms with Gasteiger partial charge in [0.2, 0.25) is 0 Å². The van der Waals surface area contributed by atoms with Gasteiger partial charge in [0.05, 0.1) is 18.4 Å². The molecule has 0 amide bonds. The van der Waals surface area contributed by atoms with E-state index in [-0.39, 0.29) is 11.9 Å². The standard InChI is InChI=1S/C21H22N2O2/c1-13-9-5-6-10-16(13)20-18(17-11-7-8-12-22-17)14(2)23-15(3)19(20)21(24)25-4/h5-12,20,23H,1-4H3. The molecule has 0 spiro atoms. The van der Waals surface area contributed by atoms with Crippen molar-refractivity contribution in [3.63, 3.8) is 0 Å². The van der Waals surface area contributed by atoms with Crippen LogP contribution >= 0.6 is 0 Å². The Morgan fingerprint density at radius 2 is 1.76 bits per heavy atom. The first kappa shape index (κ1) is 17.0. The highest BCUT2D eigenvalue weighted by Crippen LogP contribution is 2.43. The van der Waals surface area contributed by atoms with Crippen molar-refractivity contribution in [1.82, 2.24) is 10.3 Å². The molecule has 0 saturated heterocycles. The van der Waals surface area contributed by atoms with Crippen LogP contribution in [0.15, 0.2) is 65.6 Å². The predicted octanol–water partition coefficient (Wildman–Crippen LogP) is 3.96. The second-order valence-corrected chi connectivity index (χ2v) is 6.20. The molecular weight excluding hydrogens is 312 g/mol. The van der Waals surface area contributed by atoms with Crippen LogP contribution in [0.2, 0.25) is 0 Å². The molecule has 1 aromatic carbocycles. The number of methoxy groups -OCH3 is 1. The van der Waals surface area contributed by atoms with Crippen molar-refractivity contribution >= 4 is 11.5 Å². The van der Waals surface area contributed by atoms with Crippen LogP contribution in [0.25, 0.3) is 5.57 Å². The molecule has 1 aliphatic rings. The van der Waals surface area contributed by atoms with Gasteiger partial charge in [-0.3, -0.25) is 4.98 Å². The van der Waals surface area contributed by atoms with Crippen LogP contribution in [0.3, 0.4) is 0 Å². The number of carbonyl (C=O) groups is 1. The minimum Gasteiger partial charge on any atom is -0.466 e. The van der Waals surface area contributed by atoms with Crippen LogP contribution in [0.4, 0.5) is 0 Å². The van der Waals surface area contributed by atoms with Crippen molar-refractivity contribution in [2.75, 3.05) is 7.11 Å². The number of aryl methyl sites for hydroxylation is 1. The number of carbonyl (C=O) groups excluding carboxylic acids is 1. The first-order chi connectivity index (χ1) is 12.0. The molecule has 1 N–H and O–H groups in total. The number of aromatic nitrogens is 1. The highest BCUT2D eigenvalue weighted by molar-refractivity contribution is 5.97. The zero-order chi connectivity index (χ0) is 18.0. The third-order valence-corrected chi connectivity index (χ3v) is 4.61. The Labute approximate surface area is 148 Å². The van der Waals surface area contributed by atoms with Crippen LogP contribution in [0.5, 0.6) is 0 Å². The highest BCUT2D eigenvalue weighted by Gasteiger charge is 2.35. The lowest BCUT2D eigenvalue weighted by Gasteiger charge is -2.32. The number of dihydropyridines is 1. The molecule has 0 bridgehead atoms. The highest BCUT2D eigenvalue weighted by atomic mass is 16.5. The minimum absolute atomic E-state index is 0.218. The summed E-state index contributed by atoms with van der Waals surface area (Å²) in [6, 6.07) is 14.0. The maximum absolute atomic E-state index is 12.6. The lowest BCUT2D eigenvalue weighted by molar-refractivity contribution is -0.136. The van der Waals surface area contributed by atoms with Crippen LogP contribution < -0.4 is 5.32 Å². The Hall–Kier alpha value is -2.88. The third kappa shape index (κ3) is 3.07. The van der Waals surface area contributed by atoms with E-state index in [1.165, 1.54) is 7.11 Å². The molecule has 3 rings (SSSR count). The van der Waals surface area contributed by atoms with E-state index in [9.17, 15) is 4.79 Å². The van der Waals surface area contributed by atoms with Crippen molar-refractivity contribution in [2.45, 2.75) is 26.7 Å². The van der Waals surface area contributed by atoms with Crippen LogP contribution in [0.1, 0.15) is 36.6 Å². The van der Waals surface area contributed by atoms with E-state index in [0.717, 1.165) is 33.8 Å². The van der Waals surface area contributed by atoms with Crippen molar-refractivity contribution in [2.24, 2.45) is 0 Å². The van der Waals surface area contributed by atoms with Crippen molar-refractivity contribution in [1.29, 1.82) is 0 Å². The van der Waals surface area contributed by atoms with Gasteiger partial charge >= 0.3 is 5.97 Å². The molecule has 25 heavy (non-hydrogen) atoms. The molecule has 1 aromatic heterocycles. The van der Waals surface area contributed by atoms with Gasteiger partial charge in [0.15, 0.2) is 0 Å². The molecule has 1 unspecified atom stereocenters. The molecule has 2 heterocycles. The number of hydrogen-bond acceptors (Lipinski definition) is 4. The Morgan fingerprint density at radius 1 is 1.04 bits per heavy atom. The van der Waals surface area contributed by atoms with Crippen LogP contribution in [0, 0.1) is 6.92 Å². The summed E-state index contributed by atoms with van der Waals surface area (Å²) in [5.74, 6) is -0.538. The van der Waals surface area contributed by atoms with Gasteiger partial charge < -0.3 is 10.1 Å². The maximum Gasteiger partial charge on any atom is 0.336 e. The lowest BCUT2D eigenvalue weighted by Crippen LogP contribution is -2.28. The van der Waals surface area contributed by atoms with Crippen molar-refractivity contribution < 1.29 is 9.53 Å². The van der Waals surface area contributed by atoms with Gasteiger partial charge in [-0.15, -0.1) is 0 Å². The number of ether oxygens (including phenoxy) is 1. The van der Waals surface area contributed by atoms with E-state index >= 15 is 0 Å². The first-order valence-corrected chi connectivity index (χ1v) is 8.28. The molecule has 0 radical (unpaired) electrons. The molecule has 1 aliphatic heterocycles. The zero-order valence-corrected chi connectivity index (χ0v) is 15.0. The summed E-state index contributed by atoms with van der Waals surface area (Å²) in [4.78, 5) is 17.1. The normalized spacial score (nSPS) is 17.4. The average molecular weight is 334 g/mol. The van der Waals surface area contributed by atoms with Gasteiger partial charge in [-0.05, 0) is 44.0 Å². The molecule has 2 aromatic rings. The van der Waals surface area contributed by atoms with Gasteiger partial charge in [0.1, 0.15) is 0 Å². The molecule has 4 nitrogen and oxygen atoms in total. The van der Waals surface area contributed by atoms with Crippen LogP contribution in [-0.2, 0) is 9.53 Å². The zero-order valence-electron chi connectivity index (χ0n) is 15.0. The molecule has 1 atom stereocenters. The van der Waals surface area contributed by atoms with Gasteiger partial charge in [-0.25, -0.2) is 4.79 Å². The Balaban J connectivity index is 2.27. The number of nitrogens with zero attached hydrogens (tertiary/aromatic N) is 1. The van der Waals surface area contributed by atoms with Gasteiger partial charge in [0.25, 0.3) is 0 Å². The van der Waals surface area contributed by atoms with Crippen LogP contribution in [-0.4, -0.2) is 18.1 Å². The number of pyridine rings is 1. The van der Waals surface area contributed by atoms with Crippen molar-refractivity contribution in [3.05, 3.63) is 82.4 Å². The van der Waals surface area contributed by atoms with Gasteiger partial charge in [-0.1, -0.05) is 30.3 Å². The summed E-state index contributed by atoms with van der Waals surface area (Å²) in [6.07, 6.45) is 1.77. The van der Waals surface area contributed by atoms with E-state index in [4.69, 9.17) is 4.74 Å². The van der Waals surface area contributed by atoms with E-state index in [1.807, 2.05) is 44.2 Å².